The third-order valence-electron chi connectivity index (χ3n) is 2.80. The summed E-state index contributed by atoms with van der Waals surface area (Å²) in [4.78, 5) is 0. The van der Waals surface area contributed by atoms with Crippen molar-refractivity contribution >= 4 is 5.84 Å². The van der Waals surface area contributed by atoms with Crippen LogP contribution in [0.4, 0.5) is 0 Å². The number of hydrogen-bond acceptors (Lipinski definition) is 3. The van der Waals surface area contributed by atoms with Crippen LogP contribution in [0.2, 0.25) is 0 Å². The summed E-state index contributed by atoms with van der Waals surface area (Å²) in [5.74, 6) is 1.16. The Morgan fingerprint density at radius 1 is 1.12 bits per heavy atom. The highest BCUT2D eigenvalue weighted by atomic mass is 16.4. The summed E-state index contributed by atoms with van der Waals surface area (Å²) in [6.45, 7) is 6.59. The van der Waals surface area contributed by atoms with Crippen molar-refractivity contribution in [3.63, 3.8) is 0 Å². The van der Waals surface area contributed by atoms with Crippen LogP contribution >= 0.6 is 0 Å². The Labute approximate surface area is 106 Å². The van der Waals surface area contributed by atoms with Gasteiger partial charge >= 0.3 is 0 Å². The summed E-state index contributed by atoms with van der Waals surface area (Å²) in [6.07, 6.45) is 8.24. The van der Waals surface area contributed by atoms with Crippen molar-refractivity contribution in [3.8, 4) is 0 Å². The monoisotopic (exact) mass is 243 g/mol. The molecule has 4 heteroatoms. The predicted molar refractivity (Wildman–Crippen MR) is 73.4 cm³/mol. The summed E-state index contributed by atoms with van der Waals surface area (Å²) < 4.78 is 0. The van der Waals surface area contributed by atoms with E-state index < -0.39 is 0 Å². The molecule has 0 amide bonds. The van der Waals surface area contributed by atoms with E-state index in [1.165, 1.54) is 32.1 Å². The molecular formula is C13H29N3O. The van der Waals surface area contributed by atoms with Gasteiger partial charge in [-0.15, -0.1) is 0 Å². The minimum atomic E-state index is 0.320. The van der Waals surface area contributed by atoms with Gasteiger partial charge in [0.1, 0.15) is 5.84 Å². The van der Waals surface area contributed by atoms with E-state index in [0.29, 0.717) is 12.3 Å². The van der Waals surface area contributed by atoms with Crippen molar-refractivity contribution in [1.29, 1.82) is 0 Å². The number of nitrogens with zero attached hydrogens (tertiary/aromatic N) is 1. The second-order valence-corrected chi connectivity index (χ2v) is 5.04. The van der Waals surface area contributed by atoms with Crippen molar-refractivity contribution in [2.24, 2.45) is 16.8 Å². The van der Waals surface area contributed by atoms with Crippen molar-refractivity contribution < 1.29 is 5.21 Å². The molecule has 4 N–H and O–H groups in total. The zero-order chi connectivity index (χ0) is 12.9. The Morgan fingerprint density at radius 3 is 2.41 bits per heavy atom. The topological polar surface area (TPSA) is 70.6 Å². The predicted octanol–water partition coefficient (Wildman–Crippen LogP) is 2.71. The molecule has 0 aliphatic heterocycles. The molecule has 17 heavy (non-hydrogen) atoms. The van der Waals surface area contributed by atoms with Crippen LogP contribution in [0.3, 0.4) is 0 Å². The van der Waals surface area contributed by atoms with Gasteiger partial charge < -0.3 is 16.3 Å². The fourth-order valence-corrected chi connectivity index (χ4v) is 1.73. The van der Waals surface area contributed by atoms with Crippen molar-refractivity contribution in [1.82, 2.24) is 5.32 Å². The van der Waals surface area contributed by atoms with E-state index in [-0.39, 0.29) is 0 Å². The highest BCUT2D eigenvalue weighted by Crippen LogP contribution is 2.08. The van der Waals surface area contributed by atoms with E-state index in [9.17, 15) is 0 Å². The van der Waals surface area contributed by atoms with Crippen LogP contribution in [0, 0.1) is 5.92 Å². The standard InChI is InChI=1S/C13H29N3O/c1-12(2)8-5-3-4-6-10-15-11-7-9-13(14)16-17/h12,15,17H,3-11H2,1-2H3,(H2,14,16). The van der Waals surface area contributed by atoms with Gasteiger partial charge in [0.2, 0.25) is 0 Å². The van der Waals surface area contributed by atoms with Crippen molar-refractivity contribution in [2.45, 2.75) is 58.8 Å². The quantitative estimate of drug-likeness (QED) is 0.172. The van der Waals surface area contributed by atoms with Crippen LogP contribution in [0.5, 0.6) is 0 Å². The van der Waals surface area contributed by atoms with E-state index in [0.717, 1.165) is 25.4 Å². The molecule has 0 bridgehead atoms. The first-order valence-corrected chi connectivity index (χ1v) is 6.84. The number of nitrogens with two attached hydrogens (primary N) is 1. The number of hydrogen-bond donors (Lipinski definition) is 3. The van der Waals surface area contributed by atoms with Gasteiger partial charge in [0.25, 0.3) is 0 Å². The fraction of sp³-hybridized carbons (Fsp3) is 0.923. The van der Waals surface area contributed by atoms with Crippen molar-refractivity contribution in [3.05, 3.63) is 0 Å². The van der Waals surface area contributed by atoms with Crippen LogP contribution in [0.25, 0.3) is 0 Å². The first kappa shape index (κ1) is 16.2. The summed E-state index contributed by atoms with van der Waals surface area (Å²) in [5.41, 5.74) is 5.37. The summed E-state index contributed by atoms with van der Waals surface area (Å²) >= 11 is 0. The van der Waals surface area contributed by atoms with E-state index in [4.69, 9.17) is 10.9 Å². The lowest BCUT2D eigenvalue weighted by Gasteiger charge is -2.05. The molecule has 4 nitrogen and oxygen atoms in total. The number of oxime groups is 1. The number of unbranched alkanes of at least 4 members (excludes halogenated alkanes) is 3. The largest absolute Gasteiger partial charge is 0.409 e. The zero-order valence-electron chi connectivity index (χ0n) is 11.4. The first-order valence-electron chi connectivity index (χ1n) is 6.84. The minimum absolute atomic E-state index is 0.320. The molecule has 0 aliphatic carbocycles. The van der Waals surface area contributed by atoms with Gasteiger partial charge in [-0.3, -0.25) is 0 Å². The SMILES string of the molecule is CC(C)CCCCCCNCCCC(N)=NO. The van der Waals surface area contributed by atoms with Gasteiger partial charge in [-0.25, -0.2) is 0 Å². The Morgan fingerprint density at radius 2 is 1.76 bits per heavy atom. The van der Waals surface area contributed by atoms with Crippen LogP contribution in [-0.2, 0) is 0 Å². The van der Waals surface area contributed by atoms with Crippen LogP contribution in [0.15, 0.2) is 5.16 Å². The average molecular weight is 243 g/mol. The highest BCUT2D eigenvalue weighted by Gasteiger charge is 1.95. The van der Waals surface area contributed by atoms with Crippen LogP contribution in [0.1, 0.15) is 58.8 Å². The van der Waals surface area contributed by atoms with E-state index in [1.54, 1.807) is 0 Å². The number of rotatable bonds is 11. The fourth-order valence-electron chi connectivity index (χ4n) is 1.73. The van der Waals surface area contributed by atoms with E-state index in [2.05, 4.69) is 24.3 Å². The molecule has 0 saturated carbocycles. The van der Waals surface area contributed by atoms with E-state index in [1.807, 2.05) is 0 Å². The highest BCUT2D eigenvalue weighted by molar-refractivity contribution is 5.79. The molecule has 0 unspecified atom stereocenters. The van der Waals surface area contributed by atoms with Gasteiger partial charge in [-0.1, -0.05) is 44.7 Å². The van der Waals surface area contributed by atoms with Crippen LogP contribution in [-0.4, -0.2) is 24.1 Å². The maximum atomic E-state index is 8.34. The first-order chi connectivity index (χ1) is 8.16. The molecule has 0 radical (unpaired) electrons. The Kier molecular flexibility index (Phi) is 11.2. The van der Waals surface area contributed by atoms with Gasteiger partial charge in [-0.2, -0.15) is 0 Å². The Hall–Kier alpha value is -0.770. The normalized spacial score (nSPS) is 12.3. The summed E-state index contributed by atoms with van der Waals surface area (Å²) in [5, 5.41) is 14.6. The molecule has 0 spiro atoms. The van der Waals surface area contributed by atoms with Gasteiger partial charge in [0.05, 0.1) is 0 Å². The van der Waals surface area contributed by atoms with Crippen molar-refractivity contribution in [2.75, 3.05) is 13.1 Å². The third kappa shape index (κ3) is 13.2. The Bertz CT molecular complexity index is 193. The third-order valence-corrected chi connectivity index (χ3v) is 2.80. The maximum absolute atomic E-state index is 8.34. The molecule has 0 aliphatic rings. The molecule has 0 atom stereocenters. The van der Waals surface area contributed by atoms with Gasteiger partial charge in [-0.05, 0) is 31.8 Å². The number of amidine groups is 1. The summed E-state index contributed by atoms with van der Waals surface area (Å²) in [6, 6.07) is 0. The van der Waals surface area contributed by atoms with E-state index >= 15 is 0 Å². The van der Waals surface area contributed by atoms with Gasteiger partial charge in [0.15, 0.2) is 0 Å². The second-order valence-electron chi connectivity index (χ2n) is 5.04. The minimum Gasteiger partial charge on any atom is -0.409 e. The lowest BCUT2D eigenvalue weighted by atomic mass is 10.0. The molecule has 0 heterocycles. The number of nitrogens with one attached hydrogen (secondary N) is 1. The molecule has 102 valence electrons. The molecule has 0 rings (SSSR count). The van der Waals surface area contributed by atoms with Gasteiger partial charge in [0, 0.05) is 6.42 Å². The summed E-state index contributed by atoms with van der Waals surface area (Å²) in [7, 11) is 0. The molecule has 0 aromatic heterocycles. The lowest BCUT2D eigenvalue weighted by Crippen LogP contribution is -2.19. The zero-order valence-corrected chi connectivity index (χ0v) is 11.4. The second kappa shape index (κ2) is 11.7. The Balaban J connectivity index is 3.04. The van der Waals surface area contributed by atoms with Crippen LogP contribution < -0.4 is 11.1 Å². The maximum Gasteiger partial charge on any atom is 0.139 e. The molecular weight excluding hydrogens is 214 g/mol. The smallest absolute Gasteiger partial charge is 0.139 e. The average Bonchev–Trinajstić information content (AvgIpc) is 2.30. The molecule has 0 fully saturated rings. The molecule has 0 aromatic rings. The molecule has 0 saturated heterocycles. The lowest BCUT2D eigenvalue weighted by molar-refractivity contribution is 0.316. The molecule has 0 aromatic carbocycles.